The van der Waals surface area contributed by atoms with Crippen LogP contribution in [-0.4, -0.2) is 24.5 Å². The van der Waals surface area contributed by atoms with Gasteiger partial charge < -0.3 is 10.6 Å². The molecule has 1 aliphatic carbocycles. The minimum Gasteiger partial charge on any atom is -0.353 e. The van der Waals surface area contributed by atoms with Crippen molar-refractivity contribution in [3.8, 4) is 0 Å². The summed E-state index contributed by atoms with van der Waals surface area (Å²) in [5, 5.41) is 6.50. The summed E-state index contributed by atoms with van der Waals surface area (Å²) in [5.74, 6) is 1.24. The molecule has 0 aromatic heterocycles. The highest BCUT2D eigenvalue weighted by Gasteiger charge is 2.39. The molecule has 4 atom stereocenters. The third kappa shape index (κ3) is 2.51. The standard InChI is InChI=1S/C12H22N2O/c1-3-4-9-7-11(9)14-12(15)10-5-6-13-8(10)2/h8-11,13H,3-7H2,1-2H3,(H,14,15). The fraction of sp³-hybridized carbons (Fsp3) is 0.917. The molecule has 1 amide bonds. The van der Waals surface area contributed by atoms with E-state index in [1.165, 1.54) is 19.3 Å². The molecule has 1 aliphatic heterocycles. The normalized spacial score (nSPS) is 39.1. The number of rotatable bonds is 4. The van der Waals surface area contributed by atoms with E-state index in [0.29, 0.717) is 12.1 Å². The summed E-state index contributed by atoms with van der Waals surface area (Å²) in [6.07, 6.45) is 4.70. The van der Waals surface area contributed by atoms with Crippen LogP contribution in [0.3, 0.4) is 0 Å². The minimum absolute atomic E-state index is 0.202. The van der Waals surface area contributed by atoms with Gasteiger partial charge in [-0.05, 0) is 38.6 Å². The van der Waals surface area contributed by atoms with Crippen LogP contribution in [-0.2, 0) is 4.79 Å². The number of hydrogen-bond acceptors (Lipinski definition) is 2. The first-order chi connectivity index (χ1) is 7.22. The molecule has 2 aliphatic rings. The lowest BCUT2D eigenvalue weighted by atomic mass is 10.0. The van der Waals surface area contributed by atoms with Gasteiger partial charge in [-0.2, -0.15) is 0 Å². The zero-order valence-electron chi connectivity index (χ0n) is 9.75. The average Bonchev–Trinajstić information content (AvgIpc) is 2.76. The van der Waals surface area contributed by atoms with Gasteiger partial charge in [-0.1, -0.05) is 13.3 Å². The monoisotopic (exact) mass is 210 g/mol. The van der Waals surface area contributed by atoms with Gasteiger partial charge in [-0.3, -0.25) is 4.79 Å². The SMILES string of the molecule is CCCC1CC1NC(=O)C1CCNC1C. The van der Waals surface area contributed by atoms with Crippen LogP contribution in [0.1, 0.15) is 39.5 Å². The fourth-order valence-electron chi connectivity index (χ4n) is 2.62. The van der Waals surface area contributed by atoms with Crippen LogP contribution in [0.25, 0.3) is 0 Å². The smallest absolute Gasteiger partial charge is 0.224 e. The van der Waals surface area contributed by atoms with Crippen molar-refractivity contribution in [2.45, 2.75) is 51.6 Å². The molecule has 0 spiro atoms. The van der Waals surface area contributed by atoms with Crippen molar-refractivity contribution in [1.82, 2.24) is 10.6 Å². The van der Waals surface area contributed by atoms with E-state index >= 15 is 0 Å². The predicted molar refractivity (Wildman–Crippen MR) is 60.5 cm³/mol. The molecule has 3 nitrogen and oxygen atoms in total. The van der Waals surface area contributed by atoms with Crippen LogP contribution in [0.15, 0.2) is 0 Å². The van der Waals surface area contributed by atoms with Gasteiger partial charge >= 0.3 is 0 Å². The quantitative estimate of drug-likeness (QED) is 0.734. The fourth-order valence-corrected chi connectivity index (χ4v) is 2.62. The zero-order valence-corrected chi connectivity index (χ0v) is 9.75. The number of hydrogen-bond donors (Lipinski definition) is 2. The number of amides is 1. The Hall–Kier alpha value is -0.570. The molecular weight excluding hydrogens is 188 g/mol. The van der Waals surface area contributed by atoms with Crippen molar-refractivity contribution in [2.24, 2.45) is 11.8 Å². The van der Waals surface area contributed by atoms with E-state index in [1.807, 2.05) is 0 Å². The molecule has 1 heterocycles. The van der Waals surface area contributed by atoms with E-state index in [0.717, 1.165) is 18.9 Å². The van der Waals surface area contributed by atoms with E-state index in [1.54, 1.807) is 0 Å². The molecule has 0 radical (unpaired) electrons. The van der Waals surface area contributed by atoms with Gasteiger partial charge in [0.05, 0.1) is 5.92 Å². The lowest BCUT2D eigenvalue weighted by Crippen LogP contribution is -2.38. The summed E-state index contributed by atoms with van der Waals surface area (Å²) in [5.41, 5.74) is 0. The highest BCUT2D eigenvalue weighted by molar-refractivity contribution is 5.80. The molecule has 86 valence electrons. The average molecular weight is 210 g/mol. The first kappa shape index (κ1) is 10.9. The molecular formula is C12H22N2O. The third-order valence-corrected chi connectivity index (χ3v) is 3.77. The molecule has 0 aromatic carbocycles. The molecule has 3 heteroatoms. The molecule has 2 fully saturated rings. The van der Waals surface area contributed by atoms with Gasteiger partial charge in [0.2, 0.25) is 5.91 Å². The zero-order chi connectivity index (χ0) is 10.8. The lowest BCUT2D eigenvalue weighted by molar-refractivity contribution is -0.125. The second kappa shape index (κ2) is 4.52. The summed E-state index contributed by atoms with van der Waals surface area (Å²) >= 11 is 0. The highest BCUT2D eigenvalue weighted by atomic mass is 16.2. The van der Waals surface area contributed by atoms with Crippen LogP contribution < -0.4 is 10.6 Å². The van der Waals surface area contributed by atoms with Crippen molar-refractivity contribution < 1.29 is 4.79 Å². The van der Waals surface area contributed by atoms with Crippen LogP contribution in [0.4, 0.5) is 0 Å². The number of nitrogens with one attached hydrogen (secondary N) is 2. The largest absolute Gasteiger partial charge is 0.353 e. The van der Waals surface area contributed by atoms with Gasteiger partial charge in [0.15, 0.2) is 0 Å². The van der Waals surface area contributed by atoms with Gasteiger partial charge in [0.1, 0.15) is 0 Å². The molecule has 0 bridgehead atoms. The molecule has 1 saturated carbocycles. The highest BCUT2D eigenvalue weighted by Crippen LogP contribution is 2.35. The van der Waals surface area contributed by atoms with Gasteiger partial charge in [0.25, 0.3) is 0 Å². The van der Waals surface area contributed by atoms with Crippen molar-refractivity contribution >= 4 is 5.91 Å². The Bertz CT molecular complexity index is 242. The molecule has 15 heavy (non-hydrogen) atoms. The van der Waals surface area contributed by atoms with E-state index in [4.69, 9.17) is 0 Å². The lowest BCUT2D eigenvalue weighted by Gasteiger charge is -2.14. The Balaban J connectivity index is 1.74. The van der Waals surface area contributed by atoms with E-state index in [2.05, 4.69) is 24.5 Å². The van der Waals surface area contributed by atoms with Crippen LogP contribution in [0, 0.1) is 11.8 Å². The number of carbonyl (C=O) groups is 1. The molecule has 2 rings (SSSR count). The van der Waals surface area contributed by atoms with Gasteiger partial charge in [-0.15, -0.1) is 0 Å². The van der Waals surface area contributed by atoms with Crippen LogP contribution >= 0.6 is 0 Å². The van der Waals surface area contributed by atoms with Gasteiger partial charge in [-0.25, -0.2) is 0 Å². The van der Waals surface area contributed by atoms with E-state index in [-0.39, 0.29) is 11.8 Å². The van der Waals surface area contributed by atoms with Crippen molar-refractivity contribution in [2.75, 3.05) is 6.54 Å². The van der Waals surface area contributed by atoms with Crippen molar-refractivity contribution in [3.63, 3.8) is 0 Å². The third-order valence-electron chi connectivity index (χ3n) is 3.77. The number of carbonyl (C=O) groups excluding carboxylic acids is 1. The van der Waals surface area contributed by atoms with Crippen LogP contribution in [0.5, 0.6) is 0 Å². The molecule has 0 aromatic rings. The minimum atomic E-state index is 0.202. The molecule has 1 saturated heterocycles. The van der Waals surface area contributed by atoms with E-state index in [9.17, 15) is 4.79 Å². The first-order valence-corrected chi connectivity index (χ1v) is 6.26. The molecule has 2 N–H and O–H groups in total. The topological polar surface area (TPSA) is 41.1 Å². The van der Waals surface area contributed by atoms with Gasteiger partial charge in [0, 0.05) is 12.1 Å². The molecule has 4 unspecified atom stereocenters. The maximum absolute atomic E-state index is 11.9. The summed E-state index contributed by atoms with van der Waals surface area (Å²) in [7, 11) is 0. The predicted octanol–water partition coefficient (Wildman–Crippen LogP) is 1.29. The second-order valence-corrected chi connectivity index (χ2v) is 5.04. The van der Waals surface area contributed by atoms with E-state index < -0.39 is 0 Å². The Morgan fingerprint density at radius 1 is 1.53 bits per heavy atom. The maximum Gasteiger partial charge on any atom is 0.224 e. The van der Waals surface area contributed by atoms with Crippen molar-refractivity contribution in [3.05, 3.63) is 0 Å². The summed E-state index contributed by atoms with van der Waals surface area (Å²) in [4.78, 5) is 11.9. The summed E-state index contributed by atoms with van der Waals surface area (Å²) in [6, 6.07) is 0.846. The Labute approximate surface area is 92.0 Å². The maximum atomic E-state index is 11.9. The summed E-state index contributed by atoms with van der Waals surface area (Å²) < 4.78 is 0. The summed E-state index contributed by atoms with van der Waals surface area (Å²) in [6.45, 7) is 5.30. The Morgan fingerprint density at radius 2 is 2.33 bits per heavy atom. The first-order valence-electron chi connectivity index (χ1n) is 6.26. The second-order valence-electron chi connectivity index (χ2n) is 5.04. The Morgan fingerprint density at radius 3 is 2.93 bits per heavy atom. The van der Waals surface area contributed by atoms with Crippen LogP contribution in [0.2, 0.25) is 0 Å². The van der Waals surface area contributed by atoms with Crippen molar-refractivity contribution in [1.29, 1.82) is 0 Å². The Kier molecular flexibility index (Phi) is 3.29.